The van der Waals surface area contributed by atoms with Crippen LogP contribution in [0.2, 0.25) is 0 Å². The number of rotatable bonds is 2. The van der Waals surface area contributed by atoms with Gasteiger partial charge in [0, 0.05) is 36.2 Å². The molecule has 152 valence electrons. The lowest BCUT2D eigenvalue weighted by molar-refractivity contribution is -0.126. The second-order valence-corrected chi connectivity index (χ2v) is 7.77. The first-order valence-corrected chi connectivity index (χ1v) is 10.1. The van der Waals surface area contributed by atoms with Gasteiger partial charge in [0.2, 0.25) is 11.8 Å². The number of aromatic nitrogens is 1. The highest BCUT2D eigenvalue weighted by atomic mass is 16.3. The number of hydrogen-bond donors (Lipinski definition) is 2. The molecule has 0 spiro atoms. The van der Waals surface area contributed by atoms with Crippen LogP contribution >= 0.6 is 0 Å². The van der Waals surface area contributed by atoms with Gasteiger partial charge < -0.3 is 20.4 Å². The minimum absolute atomic E-state index is 0.0639. The number of benzene rings is 1. The second kappa shape index (κ2) is 7.42. The molecule has 1 atom stereocenters. The van der Waals surface area contributed by atoms with E-state index >= 15 is 0 Å². The lowest BCUT2D eigenvalue weighted by atomic mass is 10.0. The molecule has 2 aliphatic rings. The fraction of sp³-hybridized carbons (Fsp3) is 0.261. The van der Waals surface area contributed by atoms with Crippen molar-refractivity contribution in [2.24, 2.45) is 5.73 Å². The molecule has 7 nitrogen and oxygen atoms in total. The maximum atomic E-state index is 12.8. The Labute approximate surface area is 173 Å². The van der Waals surface area contributed by atoms with Gasteiger partial charge in [0.15, 0.2) is 0 Å². The fourth-order valence-corrected chi connectivity index (χ4v) is 4.14. The SMILES string of the molecule is NC1Cc2cc(/C=C/C(=O)N3CCCc4c(oc5ccccc45)C3)cnc2NC1=O. The average Bonchev–Trinajstić information content (AvgIpc) is 2.95. The summed E-state index contributed by atoms with van der Waals surface area (Å²) < 4.78 is 6.02. The Morgan fingerprint density at radius 1 is 1.33 bits per heavy atom. The van der Waals surface area contributed by atoms with Crippen molar-refractivity contribution in [3.63, 3.8) is 0 Å². The summed E-state index contributed by atoms with van der Waals surface area (Å²) in [7, 11) is 0. The normalized spacial score (nSPS) is 18.8. The molecule has 0 saturated heterocycles. The van der Waals surface area contributed by atoms with E-state index < -0.39 is 6.04 Å². The van der Waals surface area contributed by atoms with Crippen molar-refractivity contribution in [3.8, 4) is 0 Å². The third-order valence-corrected chi connectivity index (χ3v) is 5.71. The van der Waals surface area contributed by atoms with E-state index in [4.69, 9.17) is 10.2 Å². The molecule has 5 rings (SSSR count). The molecule has 0 aliphatic carbocycles. The van der Waals surface area contributed by atoms with Crippen molar-refractivity contribution in [3.05, 3.63) is 65.1 Å². The monoisotopic (exact) mass is 402 g/mol. The summed E-state index contributed by atoms with van der Waals surface area (Å²) in [6.07, 6.45) is 7.19. The summed E-state index contributed by atoms with van der Waals surface area (Å²) in [5.74, 6) is 1.12. The van der Waals surface area contributed by atoms with E-state index in [1.165, 1.54) is 5.56 Å². The number of furan rings is 1. The van der Waals surface area contributed by atoms with E-state index in [1.807, 2.05) is 29.2 Å². The Hall–Kier alpha value is -3.45. The Kier molecular flexibility index (Phi) is 4.59. The summed E-state index contributed by atoms with van der Waals surface area (Å²) in [5, 5.41) is 3.84. The number of para-hydroxylation sites is 1. The molecule has 0 bridgehead atoms. The highest BCUT2D eigenvalue weighted by Crippen LogP contribution is 2.30. The van der Waals surface area contributed by atoms with Crippen LogP contribution in [0.3, 0.4) is 0 Å². The van der Waals surface area contributed by atoms with Gasteiger partial charge >= 0.3 is 0 Å². The number of fused-ring (bicyclic) bond motifs is 4. The molecule has 1 aromatic carbocycles. The molecule has 2 aliphatic heterocycles. The van der Waals surface area contributed by atoms with Gasteiger partial charge in [-0.3, -0.25) is 9.59 Å². The molecule has 3 aromatic rings. The predicted molar refractivity (Wildman–Crippen MR) is 114 cm³/mol. The van der Waals surface area contributed by atoms with Crippen molar-refractivity contribution < 1.29 is 14.0 Å². The maximum absolute atomic E-state index is 12.8. The number of pyridine rings is 1. The van der Waals surface area contributed by atoms with Crippen LogP contribution in [0.5, 0.6) is 0 Å². The number of aryl methyl sites for hydroxylation is 1. The molecule has 7 heteroatoms. The molecule has 3 N–H and O–H groups in total. The topological polar surface area (TPSA) is 101 Å². The standard InChI is InChI=1S/C23H22N4O3/c24-18-11-15-10-14(12-25-22(15)26-23(18)29)7-8-21(28)27-9-3-5-17-16-4-1-2-6-19(16)30-20(17)13-27/h1-2,4,6-8,10,12,18H,3,5,9,11,13,24H2,(H,25,26,29)/b8-7+. The summed E-state index contributed by atoms with van der Waals surface area (Å²) in [6, 6.07) is 9.35. The van der Waals surface area contributed by atoms with E-state index in [-0.39, 0.29) is 11.8 Å². The third kappa shape index (κ3) is 3.37. The zero-order chi connectivity index (χ0) is 20.7. The molecule has 1 unspecified atom stereocenters. The van der Waals surface area contributed by atoms with Gasteiger partial charge in [-0.05, 0) is 42.2 Å². The molecule has 0 radical (unpaired) electrons. The molecule has 4 heterocycles. The Bertz CT molecular complexity index is 1180. The third-order valence-electron chi connectivity index (χ3n) is 5.71. The van der Waals surface area contributed by atoms with Crippen LogP contribution in [-0.2, 0) is 29.0 Å². The van der Waals surface area contributed by atoms with Crippen LogP contribution in [0.1, 0.15) is 28.9 Å². The number of hydrogen-bond acceptors (Lipinski definition) is 5. The molecular weight excluding hydrogens is 380 g/mol. The van der Waals surface area contributed by atoms with E-state index in [0.717, 1.165) is 40.7 Å². The average molecular weight is 402 g/mol. The Morgan fingerprint density at radius 3 is 3.10 bits per heavy atom. The molecule has 0 saturated carbocycles. The van der Waals surface area contributed by atoms with Crippen LogP contribution in [0.15, 0.2) is 47.0 Å². The number of nitrogens with one attached hydrogen (secondary N) is 1. The van der Waals surface area contributed by atoms with E-state index in [2.05, 4.69) is 16.4 Å². The van der Waals surface area contributed by atoms with E-state index in [9.17, 15) is 9.59 Å². The predicted octanol–water partition coefficient (Wildman–Crippen LogP) is 2.64. The minimum Gasteiger partial charge on any atom is -0.459 e. The summed E-state index contributed by atoms with van der Waals surface area (Å²) in [5.41, 5.74) is 9.57. The summed E-state index contributed by atoms with van der Waals surface area (Å²) in [4.78, 5) is 30.6. The van der Waals surface area contributed by atoms with Crippen molar-refractivity contribution in [1.82, 2.24) is 9.88 Å². The van der Waals surface area contributed by atoms with Crippen molar-refractivity contribution in [1.29, 1.82) is 0 Å². The van der Waals surface area contributed by atoms with Gasteiger partial charge in [-0.1, -0.05) is 18.2 Å². The number of carbonyl (C=O) groups excluding carboxylic acids is 2. The number of nitrogens with zero attached hydrogens (tertiary/aromatic N) is 2. The number of amides is 2. The fourth-order valence-electron chi connectivity index (χ4n) is 4.14. The van der Waals surface area contributed by atoms with E-state index in [1.54, 1.807) is 18.3 Å². The molecular formula is C23H22N4O3. The van der Waals surface area contributed by atoms with E-state index in [0.29, 0.717) is 25.3 Å². The largest absolute Gasteiger partial charge is 0.459 e. The highest BCUT2D eigenvalue weighted by molar-refractivity contribution is 5.97. The molecule has 2 aromatic heterocycles. The van der Waals surface area contributed by atoms with Crippen molar-refractivity contribution in [2.75, 3.05) is 11.9 Å². The van der Waals surface area contributed by atoms with Crippen LogP contribution in [-0.4, -0.2) is 34.3 Å². The Balaban J connectivity index is 1.33. The van der Waals surface area contributed by atoms with Gasteiger partial charge in [0.25, 0.3) is 0 Å². The summed E-state index contributed by atoms with van der Waals surface area (Å²) >= 11 is 0. The summed E-state index contributed by atoms with van der Waals surface area (Å²) in [6.45, 7) is 1.15. The second-order valence-electron chi connectivity index (χ2n) is 7.77. The lowest BCUT2D eigenvalue weighted by Crippen LogP contribution is -2.41. The Morgan fingerprint density at radius 2 is 2.20 bits per heavy atom. The molecule has 30 heavy (non-hydrogen) atoms. The van der Waals surface area contributed by atoms with Crippen molar-refractivity contribution in [2.45, 2.75) is 31.8 Å². The van der Waals surface area contributed by atoms with Crippen LogP contribution in [0, 0.1) is 0 Å². The van der Waals surface area contributed by atoms with Crippen LogP contribution in [0.25, 0.3) is 17.0 Å². The smallest absolute Gasteiger partial charge is 0.246 e. The zero-order valence-electron chi connectivity index (χ0n) is 16.4. The van der Waals surface area contributed by atoms with Gasteiger partial charge in [0.1, 0.15) is 17.2 Å². The first-order valence-electron chi connectivity index (χ1n) is 10.1. The van der Waals surface area contributed by atoms with Gasteiger partial charge in [0.05, 0.1) is 12.6 Å². The molecule has 0 fully saturated rings. The maximum Gasteiger partial charge on any atom is 0.246 e. The first kappa shape index (κ1) is 18.6. The van der Waals surface area contributed by atoms with Crippen molar-refractivity contribution >= 4 is 34.7 Å². The quantitative estimate of drug-likeness (QED) is 0.642. The minimum atomic E-state index is -0.574. The van der Waals surface area contributed by atoms with Crippen LogP contribution in [0.4, 0.5) is 5.82 Å². The first-order chi connectivity index (χ1) is 14.6. The highest BCUT2D eigenvalue weighted by Gasteiger charge is 2.24. The number of anilines is 1. The molecule has 2 amide bonds. The van der Waals surface area contributed by atoms with Gasteiger partial charge in [-0.2, -0.15) is 0 Å². The zero-order valence-corrected chi connectivity index (χ0v) is 16.4. The number of nitrogens with two attached hydrogens (primary N) is 1. The lowest BCUT2D eigenvalue weighted by Gasteiger charge is -2.21. The number of carbonyl (C=O) groups is 2. The van der Waals surface area contributed by atoms with Crippen LogP contribution < -0.4 is 11.1 Å². The van der Waals surface area contributed by atoms with Gasteiger partial charge in [-0.25, -0.2) is 4.98 Å². The van der Waals surface area contributed by atoms with Gasteiger partial charge in [-0.15, -0.1) is 0 Å².